The van der Waals surface area contributed by atoms with Gasteiger partial charge in [0.25, 0.3) is 0 Å². The smallest absolute Gasteiger partial charge is 0.319 e. The predicted octanol–water partition coefficient (Wildman–Crippen LogP) is 1.43. The van der Waals surface area contributed by atoms with E-state index in [-0.39, 0.29) is 10.9 Å². The molecule has 4 N–H and O–H groups in total. The molecule has 2 heterocycles. The Labute approximate surface area is 163 Å². The number of hydrogen-bond acceptors (Lipinski definition) is 6. The fourth-order valence-corrected chi connectivity index (χ4v) is 3.61. The van der Waals surface area contributed by atoms with Crippen molar-refractivity contribution in [2.75, 3.05) is 38.2 Å². The molecule has 10 heteroatoms. The van der Waals surface area contributed by atoms with Gasteiger partial charge in [-0.3, -0.25) is 4.90 Å². The monoisotopic (exact) mass is 408 g/mol. The molecule has 1 unspecified atom stereocenters. The number of nitrogens with one attached hydrogen (secondary N) is 2. The van der Waals surface area contributed by atoms with Crippen LogP contribution in [0, 0.1) is 6.92 Å². The van der Waals surface area contributed by atoms with E-state index in [0.29, 0.717) is 25.4 Å². The van der Waals surface area contributed by atoms with E-state index in [9.17, 15) is 13.2 Å². The predicted molar refractivity (Wildman–Crippen MR) is 103 cm³/mol. The highest BCUT2D eigenvalue weighted by molar-refractivity contribution is 7.89. The van der Waals surface area contributed by atoms with E-state index in [0.717, 1.165) is 24.6 Å². The van der Waals surface area contributed by atoms with Crippen molar-refractivity contribution >= 4 is 21.7 Å². The molecule has 1 saturated heterocycles. The van der Waals surface area contributed by atoms with E-state index in [1.807, 2.05) is 19.1 Å². The first kappa shape index (κ1) is 20.3. The lowest BCUT2D eigenvalue weighted by Crippen LogP contribution is -2.44. The number of rotatable bonds is 6. The second kappa shape index (κ2) is 8.74. The Balaban J connectivity index is 1.65. The van der Waals surface area contributed by atoms with E-state index in [2.05, 4.69) is 15.5 Å². The normalized spacial score (nSPS) is 16.5. The van der Waals surface area contributed by atoms with Gasteiger partial charge >= 0.3 is 6.03 Å². The number of anilines is 1. The molecule has 0 saturated carbocycles. The SMILES string of the molecule is Cc1ccc(C(CNC(=O)Nc2cccc(S(N)(=O)=O)c2)N2CCOCC2)o1. The number of sulfonamides is 1. The number of hydrogen-bond donors (Lipinski definition) is 3. The van der Waals surface area contributed by atoms with Crippen molar-refractivity contribution in [1.82, 2.24) is 10.2 Å². The molecule has 1 aromatic heterocycles. The van der Waals surface area contributed by atoms with Crippen molar-refractivity contribution in [3.8, 4) is 0 Å². The molecule has 3 rings (SSSR count). The highest BCUT2D eigenvalue weighted by Gasteiger charge is 2.25. The zero-order valence-electron chi connectivity index (χ0n) is 15.6. The van der Waals surface area contributed by atoms with Crippen LogP contribution in [0.25, 0.3) is 0 Å². The fourth-order valence-electron chi connectivity index (χ4n) is 3.05. The molecule has 2 amide bonds. The number of nitrogens with two attached hydrogens (primary N) is 1. The number of aryl methyl sites for hydroxylation is 1. The summed E-state index contributed by atoms with van der Waals surface area (Å²) < 4.78 is 34.1. The van der Waals surface area contributed by atoms with Gasteiger partial charge in [-0.1, -0.05) is 6.07 Å². The van der Waals surface area contributed by atoms with Gasteiger partial charge in [0.1, 0.15) is 11.5 Å². The van der Waals surface area contributed by atoms with Gasteiger partial charge in [-0.2, -0.15) is 0 Å². The third-order valence-electron chi connectivity index (χ3n) is 4.45. The van der Waals surface area contributed by atoms with Crippen LogP contribution in [0.3, 0.4) is 0 Å². The molecule has 1 fully saturated rings. The van der Waals surface area contributed by atoms with Crippen LogP contribution in [-0.4, -0.2) is 52.2 Å². The highest BCUT2D eigenvalue weighted by Crippen LogP contribution is 2.23. The molecule has 1 aliphatic heterocycles. The third kappa shape index (κ3) is 5.32. The summed E-state index contributed by atoms with van der Waals surface area (Å²) in [6.45, 7) is 4.94. The summed E-state index contributed by atoms with van der Waals surface area (Å²) in [5.74, 6) is 1.58. The Morgan fingerprint density at radius 3 is 2.64 bits per heavy atom. The average Bonchev–Trinajstić information content (AvgIpc) is 3.08. The van der Waals surface area contributed by atoms with Crippen LogP contribution in [0.5, 0.6) is 0 Å². The summed E-state index contributed by atoms with van der Waals surface area (Å²) in [5.41, 5.74) is 0.334. The second-order valence-corrected chi connectivity index (χ2v) is 8.08. The van der Waals surface area contributed by atoms with Crippen molar-refractivity contribution in [3.05, 3.63) is 47.9 Å². The number of urea groups is 1. The Morgan fingerprint density at radius 1 is 1.25 bits per heavy atom. The molecule has 1 atom stereocenters. The minimum atomic E-state index is -3.84. The van der Waals surface area contributed by atoms with Crippen LogP contribution in [0.2, 0.25) is 0 Å². The number of amides is 2. The fraction of sp³-hybridized carbons (Fsp3) is 0.389. The first-order valence-corrected chi connectivity index (χ1v) is 10.4. The Hall–Kier alpha value is -2.40. The molecule has 0 radical (unpaired) electrons. The summed E-state index contributed by atoms with van der Waals surface area (Å²) in [7, 11) is -3.84. The standard InChI is InChI=1S/C18H24N4O5S/c1-13-5-6-17(27-13)16(22-7-9-26-10-8-22)12-20-18(23)21-14-3-2-4-15(11-14)28(19,24)25/h2-6,11,16H,7-10,12H2,1H3,(H2,19,24,25)(H2,20,21,23). The van der Waals surface area contributed by atoms with Crippen LogP contribution in [-0.2, 0) is 14.8 Å². The average molecular weight is 408 g/mol. The maximum absolute atomic E-state index is 12.3. The van der Waals surface area contributed by atoms with Crippen molar-refractivity contribution in [2.24, 2.45) is 5.14 Å². The van der Waals surface area contributed by atoms with Gasteiger partial charge in [-0.05, 0) is 37.3 Å². The quantitative estimate of drug-likeness (QED) is 0.664. The van der Waals surface area contributed by atoms with Crippen LogP contribution in [0.4, 0.5) is 10.5 Å². The summed E-state index contributed by atoms with van der Waals surface area (Å²) in [5, 5.41) is 10.6. The number of benzene rings is 1. The van der Waals surface area contributed by atoms with Crippen molar-refractivity contribution < 1.29 is 22.4 Å². The first-order chi connectivity index (χ1) is 13.3. The number of carbonyl (C=O) groups excluding carboxylic acids is 1. The van der Waals surface area contributed by atoms with Crippen molar-refractivity contribution in [2.45, 2.75) is 17.9 Å². The first-order valence-electron chi connectivity index (χ1n) is 8.89. The Kier molecular flexibility index (Phi) is 6.35. The van der Waals surface area contributed by atoms with E-state index in [4.69, 9.17) is 14.3 Å². The third-order valence-corrected chi connectivity index (χ3v) is 5.36. The summed E-state index contributed by atoms with van der Waals surface area (Å²) in [6, 6.07) is 9.00. The van der Waals surface area contributed by atoms with Crippen molar-refractivity contribution in [1.29, 1.82) is 0 Å². The maximum Gasteiger partial charge on any atom is 0.319 e. The molecule has 1 aromatic carbocycles. The van der Waals surface area contributed by atoms with Gasteiger partial charge < -0.3 is 19.8 Å². The topological polar surface area (TPSA) is 127 Å². The summed E-state index contributed by atoms with van der Waals surface area (Å²) in [4.78, 5) is 14.5. The van der Waals surface area contributed by atoms with E-state index < -0.39 is 16.1 Å². The van der Waals surface area contributed by atoms with Gasteiger partial charge in [0, 0.05) is 25.3 Å². The van der Waals surface area contributed by atoms with Gasteiger partial charge in [-0.15, -0.1) is 0 Å². The zero-order chi connectivity index (χ0) is 20.1. The Bertz CT molecular complexity index is 922. The number of ether oxygens (including phenoxy) is 1. The van der Waals surface area contributed by atoms with Gasteiger partial charge in [0.2, 0.25) is 10.0 Å². The molecular weight excluding hydrogens is 384 g/mol. The van der Waals surface area contributed by atoms with Gasteiger partial charge in [0.05, 0.1) is 24.2 Å². The molecular formula is C18H24N4O5S. The summed E-state index contributed by atoms with van der Waals surface area (Å²) in [6.07, 6.45) is 0. The van der Waals surface area contributed by atoms with Crippen LogP contribution in [0.1, 0.15) is 17.6 Å². The highest BCUT2D eigenvalue weighted by atomic mass is 32.2. The molecule has 28 heavy (non-hydrogen) atoms. The number of primary sulfonamides is 1. The molecule has 9 nitrogen and oxygen atoms in total. The molecule has 0 spiro atoms. The second-order valence-electron chi connectivity index (χ2n) is 6.52. The maximum atomic E-state index is 12.3. The molecule has 0 bridgehead atoms. The number of morpholine rings is 1. The minimum absolute atomic E-state index is 0.0671. The molecule has 2 aromatic rings. The zero-order valence-corrected chi connectivity index (χ0v) is 16.4. The van der Waals surface area contributed by atoms with Crippen LogP contribution in [0.15, 0.2) is 45.7 Å². The van der Waals surface area contributed by atoms with E-state index in [1.165, 1.54) is 18.2 Å². The lowest BCUT2D eigenvalue weighted by molar-refractivity contribution is 0.0122. The van der Waals surface area contributed by atoms with Gasteiger partial charge in [-0.25, -0.2) is 18.4 Å². The number of nitrogens with zero attached hydrogens (tertiary/aromatic N) is 1. The van der Waals surface area contributed by atoms with Gasteiger partial charge in [0.15, 0.2) is 0 Å². The Morgan fingerprint density at radius 2 is 2.00 bits per heavy atom. The lowest BCUT2D eigenvalue weighted by atomic mass is 10.1. The molecule has 152 valence electrons. The van der Waals surface area contributed by atoms with E-state index >= 15 is 0 Å². The number of furan rings is 1. The van der Waals surface area contributed by atoms with Crippen molar-refractivity contribution in [3.63, 3.8) is 0 Å². The minimum Gasteiger partial charge on any atom is -0.465 e. The van der Waals surface area contributed by atoms with Crippen LogP contribution < -0.4 is 15.8 Å². The van der Waals surface area contributed by atoms with Crippen LogP contribution >= 0.6 is 0 Å². The molecule has 0 aliphatic carbocycles. The lowest BCUT2D eigenvalue weighted by Gasteiger charge is -2.33. The van der Waals surface area contributed by atoms with E-state index in [1.54, 1.807) is 6.07 Å². The number of carbonyl (C=O) groups is 1. The largest absolute Gasteiger partial charge is 0.465 e. The molecule has 1 aliphatic rings. The summed E-state index contributed by atoms with van der Waals surface area (Å²) >= 11 is 0.